The van der Waals surface area contributed by atoms with Crippen LogP contribution in [0.5, 0.6) is 0 Å². The first-order valence-corrected chi connectivity index (χ1v) is 5.51. The molecular weight excluding hydrogens is 240 g/mol. The number of benzene rings is 1. The van der Waals surface area contributed by atoms with Crippen molar-refractivity contribution >= 4 is 21.4 Å². The second-order valence-electron chi connectivity index (χ2n) is 2.82. The number of nitrogens with two attached hydrogens (primary N) is 1. The van der Waals surface area contributed by atoms with Crippen LogP contribution in [-0.4, -0.2) is 14.2 Å². The minimum absolute atomic E-state index is 0.0942. The summed E-state index contributed by atoms with van der Waals surface area (Å²) in [7, 11) is -4.74. The van der Waals surface area contributed by atoms with Gasteiger partial charge in [0.25, 0.3) is 10.0 Å². The third kappa shape index (κ3) is 2.58. The summed E-state index contributed by atoms with van der Waals surface area (Å²) >= 11 is 0. The lowest BCUT2D eigenvalue weighted by Crippen LogP contribution is -2.21. The molecule has 0 atom stereocenters. The molecular formula is C8H7F2N3O2S. The molecule has 1 rings (SSSR count). The molecule has 16 heavy (non-hydrogen) atoms. The van der Waals surface area contributed by atoms with E-state index in [0.717, 1.165) is 6.07 Å². The van der Waals surface area contributed by atoms with Gasteiger partial charge in [0.2, 0.25) is 0 Å². The summed E-state index contributed by atoms with van der Waals surface area (Å²) in [6.07, 6.45) is 0. The van der Waals surface area contributed by atoms with E-state index in [1.54, 1.807) is 10.8 Å². The molecule has 5 nitrogen and oxygen atoms in total. The first-order valence-electron chi connectivity index (χ1n) is 3.96. The number of nitriles is 1. The summed E-state index contributed by atoms with van der Waals surface area (Å²) in [4.78, 5) is 0. The fraction of sp³-hybridized carbons (Fsp3) is 0.125. The maximum atomic E-state index is 12.0. The van der Waals surface area contributed by atoms with Gasteiger partial charge < -0.3 is 5.73 Å². The van der Waals surface area contributed by atoms with Crippen molar-refractivity contribution in [3.8, 4) is 6.07 Å². The van der Waals surface area contributed by atoms with Gasteiger partial charge in [-0.25, -0.2) is 8.42 Å². The number of hydrogen-bond donors (Lipinski definition) is 2. The lowest BCUT2D eigenvalue weighted by atomic mass is 10.2. The lowest BCUT2D eigenvalue weighted by molar-refractivity contribution is 0.236. The van der Waals surface area contributed by atoms with E-state index in [2.05, 4.69) is 0 Å². The van der Waals surface area contributed by atoms with Crippen molar-refractivity contribution < 1.29 is 17.2 Å². The summed E-state index contributed by atoms with van der Waals surface area (Å²) in [6.45, 7) is 0. The summed E-state index contributed by atoms with van der Waals surface area (Å²) < 4.78 is 47.3. The smallest absolute Gasteiger partial charge is 0.355 e. The summed E-state index contributed by atoms with van der Waals surface area (Å²) in [5.74, 6) is -3.54. The Balaban J connectivity index is 3.05. The molecule has 0 heterocycles. The molecule has 0 saturated heterocycles. The molecule has 0 saturated carbocycles. The predicted molar refractivity (Wildman–Crippen MR) is 54.1 cm³/mol. The van der Waals surface area contributed by atoms with Gasteiger partial charge in [-0.15, -0.1) is 0 Å². The van der Waals surface area contributed by atoms with Crippen molar-refractivity contribution in [2.75, 3.05) is 10.5 Å². The maximum Gasteiger partial charge on any atom is 0.355 e. The minimum Gasteiger partial charge on any atom is -0.397 e. The van der Waals surface area contributed by atoms with Gasteiger partial charge in [0, 0.05) is 0 Å². The van der Waals surface area contributed by atoms with Crippen LogP contribution in [0.1, 0.15) is 5.56 Å². The molecule has 0 fully saturated rings. The number of rotatable bonds is 3. The normalized spacial score (nSPS) is 11.1. The van der Waals surface area contributed by atoms with Gasteiger partial charge in [-0.05, 0) is 18.2 Å². The quantitative estimate of drug-likeness (QED) is 0.782. The van der Waals surface area contributed by atoms with Crippen LogP contribution in [0.25, 0.3) is 0 Å². The van der Waals surface area contributed by atoms with E-state index in [-0.39, 0.29) is 16.9 Å². The fourth-order valence-electron chi connectivity index (χ4n) is 0.923. The maximum absolute atomic E-state index is 12.0. The molecule has 8 heteroatoms. The Morgan fingerprint density at radius 1 is 1.44 bits per heavy atom. The van der Waals surface area contributed by atoms with Crippen molar-refractivity contribution in [1.29, 1.82) is 5.26 Å². The Hall–Kier alpha value is -1.88. The van der Waals surface area contributed by atoms with Crippen molar-refractivity contribution in [3.63, 3.8) is 0 Å². The molecule has 0 radical (unpaired) electrons. The Morgan fingerprint density at radius 2 is 2.06 bits per heavy atom. The zero-order valence-corrected chi connectivity index (χ0v) is 8.63. The van der Waals surface area contributed by atoms with Crippen LogP contribution >= 0.6 is 0 Å². The molecule has 0 aliphatic carbocycles. The van der Waals surface area contributed by atoms with Gasteiger partial charge in [-0.3, -0.25) is 4.72 Å². The van der Waals surface area contributed by atoms with Crippen molar-refractivity contribution in [2.45, 2.75) is 5.76 Å². The standard InChI is InChI=1S/C8H7F2N3O2S/c9-8(10)16(14,15)13-7-2-1-5(4-11)3-6(7)12/h1-3,8,13H,12H2. The van der Waals surface area contributed by atoms with Gasteiger partial charge in [-0.1, -0.05) is 0 Å². The lowest BCUT2D eigenvalue weighted by Gasteiger charge is -2.09. The van der Waals surface area contributed by atoms with E-state index in [1.165, 1.54) is 12.1 Å². The number of alkyl halides is 2. The zero-order chi connectivity index (χ0) is 12.3. The van der Waals surface area contributed by atoms with Crippen LogP contribution < -0.4 is 10.5 Å². The first-order chi connectivity index (χ1) is 7.36. The molecule has 1 aromatic rings. The summed E-state index contributed by atoms with van der Waals surface area (Å²) in [6, 6.07) is 5.37. The monoisotopic (exact) mass is 247 g/mol. The van der Waals surface area contributed by atoms with E-state index >= 15 is 0 Å². The number of sulfonamides is 1. The SMILES string of the molecule is N#Cc1ccc(NS(=O)(=O)C(F)F)c(N)c1. The first kappa shape index (κ1) is 12.2. The molecule has 86 valence electrons. The van der Waals surface area contributed by atoms with Crippen LogP contribution in [-0.2, 0) is 10.0 Å². The molecule has 3 N–H and O–H groups in total. The number of nitrogens with one attached hydrogen (secondary N) is 1. The van der Waals surface area contributed by atoms with Crippen LogP contribution in [0, 0.1) is 11.3 Å². The number of anilines is 2. The Kier molecular flexibility index (Phi) is 3.29. The van der Waals surface area contributed by atoms with Crippen LogP contribution in [0.3, 0.4) is 0 Å². The molecule has 0 amide bonds. The van der Waals surface area contributed by atoms with Crippen molar-refractivity contribution in [3.05, 3.63) is 23.8 Å². The summed E-state index contributed by atoms with van der Waals surface area (Å²) in [5.41, 5.74) is 5.31. The number of nitrogen functional groups attached to an aromatic ring is 1. The van der Waals surface area contributed by atoms with Crippen LogP contribution in [0.2, 0.25) is 0 Å². The molecule has 0 bridgehead atoms. The highest BCUT2D eigenvalue weighted by atomic mass is 32.2. The molecule has 0 spiro atoms. The van der Waals surface area contributed by atoms with Gasteiger partial charge in [0.15, 0.2) is 0 Å². The van der Waals surface area contributed by atoms with Gasteiger partial charge in [-0.2, -0.15) is 14.0 Å². The Bertz CT molecular complexity index is 537. The average molecular weight is 247 g/mol. The van der Waals surface area contributed by atoms with Crippen molar-refractivity contribution in [2.24, 2.45) is 0 Å². The van der Waals surface area contributed by atoms with E-state index < -0.39 is 15.8 Å². The van der Waals surface area contributed by atoms with E-state index in [1.807, 2.05) is 0 Å². The predicted octanol–water partition coefficient (Wildman–Crippen LogP) is 1.10. The summed E-state index contributed by atoms with van der Waals surface area (Å²) in [5, 5.41) is 8.51. The highest BCUT2D eigenvalue weighted by Gasteiger charge is 2.24. The fourth-order valence-corrected chi connectivity index (χ4v) is 1.50. The van der Waals surface area contributed by atoms with Gasteiger partial charge in [0.1, 0.15) is 0 Å². The van der Waals surface area contributed by atoms with E-state index in [0.29, 0.717) is 0 Å². The second kappa shape index (κ2) is 4.32. The molecule has 1 aromatic carbocycles. The second-order valence-corrected chi connectivity index (χ2v) is 4.47. The van der Waals surface area contributed by atoms with Gasteiger partial charge >= 0.3 is 5.76 Å². The number of hydrogen-bond acceptors (Lipinski definition) is 4. The van der Waals surface area contributed by atoms with Crippen molar-refractivity contribution in [1.82, 2.24) is 0 Å². The topological polar surface area (TPSA) is 96.0 Å². The van der Waals surface area contributed by atoms with E-state index in [9.17, 15) is 17.2 Å². The third-order valence-corrected chi connectivity index (χ3v) is 2.64. The molecule has 0 unspecified atom stereocenters. The highest BCUT2D eigenvalue weighted by molar-refractivity contribution is 7.93. The number of halogens is 2. The van der Waals surface area contributed by atoms with E-state index in [4.69, 9.17) is 11.0 Å². The Labute approximate surface area is 90.5 Å². The molecule has 0 aliphatic rings. The molecule has 0 aromatic heterocycles. The zero-order valence-electron chi connectivity index (χ0n) is 7.81. The van der Waals surface area contributed by atoms with Gasteiger partial charge in [0.05, 0.1) is 23.0 Å². The number of nitrogens with zero attached hydrogens (tertiary/aromatic N) is 1. The largest absolute Gasteiger partial charge is 0.397 e. The highest BCUT2D eigenvalue weighted by Crippen LogP contribution is 2.22. The molecule has 0 aliphatic heterocycles. The Morgan fingerprint density at radius 3 is 2.50 bits per heavy atom. The minimum atomic E-state index is -4.74. The third-order valence-electron chi connectivity index (χ3n) is 1.67. The van der Waals surface area contributed by atoms with Crippen LogP contribution in [0.15, 0.2) is 18.2 Å². The average Bonchev–Trinajstić information content (AvgIpc) is 2.20. The van der Waals surface area contributed by atoms with Crippen LogP contribution in [0.4, 0.5) is 20.2 Å².